The van der Waals surface area contributed by atoms with Crippen LogP contribution in [0.25, 0.3) is 0 Å². The molecule has 0 heterocycles. The molecule has 0 radical (unpaired) electrons. The van der Waals surface area contributed by atoms with Gasteiger partial charge in [0.25, 0.3) is 0 Å². The van der Waals surface area contributed by atoms with Gasteiger partial charge in [-0.3, -0.25) is 0 Å². The van der Waals surface area contributed by atoms with Crippen LogP contribution < -0.4 is 5.32 Å². The summed E-state index contributed by atoms with van der Waals surface area (Å²) in [6.07, 6.45) is 0. The van der Waals surface area contributed by atoms with E-state index in [0.29, 0.717) is 11.3 Å². The van der Waals surface area contributed by atoms with E-state index >= 15 is 0 Å². The number of rotatable bonds is 3. The van der Waals surface area contributed by atoms with E-state index in [-0.39, 0.29) is 11.3 Å². The molecule has 2 rings (SSSR count). The Labute approximate surface area is 115 Å². The number of nitriles is 1. The topological polar surface area (TPSA) is 56.0 Å². The first kappa shape index (κ1) is 13.8. The smallest absolute Gasteiger partial charge is 0.124 e. The van der Waals surface area contributed by atoms with E-state index < -0.39 is 17.7 Å². The predicted molar refractivity (Wildman–Crippen MR) is 71.2 cm³/mol. The van der Waals surface area contributed by atoms with Gasteiger partial charge in [0, 0.05) is 5.56 Å². The number of halogens is 2. The fourth-order valence-electron chi connectivity index (χ4n) is 1.92. The van der Waals surface area contributed by atoms with Crippen LogP contribution in [-0.2, 0) is 0 Å². The van der Waals surface area contributed by atoms with Crippen LogP contribution in [0, 0.1) is 23.0 Å². The van der Waals surface area contributed by atoms with Crippen LogP contribution in [0.4, 0.5) is 14.5 Å². The van der Waals surface area contributed by atoms with Gasteiger partial charge in [-0.1, -0.05) is 0 Å². The van der Waals surface area contributed by atoms with E-state index in [1.165, 1.54) is 24.3 Å². The number of aromatic hydroxyl groups is 1. The summed E-state index contributed by atoms with van der Waals surface area (Å²) in [6, 6.07) is 8.84. The highest BCUT2D eigenvalue weighted by Gasteiger charge is 2.13. The molecule has 0 aliphatic heterocycles. The molecule has 0 spiro atoms. The van der Waals surface area contributed by atoms with Gasteiger partial charge in [0.15, 0.2) is 0 Å². The molecule has 0 aromatic heterocycles. The SMILES string of the molecule is CC(Nc1ccc(F)cc1C#N)c1cc(F)ccc1O. The zero-order chi connectivity index (χ0) is 14.7. The molecule has 2 aromatic carbocycles. The van der Waals surface area contributed by atoms with Crippen molar-refractivity contribution < 1.29 is 13.9 Å². The standard InChI is InChI=1S/C15H12F2N2O/c1-9(13-7-12(17)3-5-15(13)20)19-14-4-2-11(16)6-10(14)8-18/h2-7,9,19-20H,1H3. The van der Waals surface area contributed by atoms with Gasteiger partial charge in [-0.05, 0) is 43.3 Å². The van der Waals surface area contributed by atoms with Crippen LogP contribution in [0.3, 0.4) is 0 Å². The van der Waals surface area contributed by atoms with E-state index in [9.17, 15) is 13.9 Å². The Bertz CT molecular complexity index is 680. The number of benzene rings is 2. The molecule has 0 saturated carbocycles. The Hall–Kier alpha value is -2.61. The quantitative estimate of drug-likeness (QED) is 0.897. The maximum absolute atomic E-state index is 13.2. The third-order valence-electron chi connectivity index (χ3n) is 2.93. The normalized spacial score (nSPS) is 11.7. The van der Waals surface area contributed by atoms with Crippen molar-refractivity contribution in [2.75, 3.05) is 5.32 Å². The molecule has 20 heavy (non-hydrogen) atoms. The third kappa shape index (κ3) is 2.86. The molecule has 2 aromatic rings. The molecule has 0 aliphatic rings. The zero-order valence-electron chi connectivity index (χ0n) is 10.7. The summed E-state index contributed by atoms with van der Waals surface area (Å²) < 4.78 is 26.2. The molecule has 1 atom stereocenters. The summed E-state index contributed by atoms with van der Waals surface area (Å²) in [7, 11) is 0. The Morgan fingerprint density at radius 2 is 1.80 bits per heavy atom. The first-order chi connectivity index (χ1) is 9.51. The second kappa shape index (κ2) is 5.57. The molecule has 1 unspecified atom stereocenters. The van der Waals surface area contributed by atoms with Crippen molar-refractivity contribution in [1.82, 2.24) is 0 Å². The van der Waals surface area contributed by atoms with Crippen molar-refractivity contribution in [2.24, 2.45) is 0 Å². The van der Waals surface area contributed by atoms with Crippen LogP contribution in [0.2, 0.25) is 0 Å². The number of anilines is 1. The summed E-state index contributed by atoms with van der Waals surface area (Å²) in [5.41, 5.74) is 0.927. The van der Waals surface area contributed by atoms with E-state index in [1.54, 1.807) is 6.92 Å². The first-order valence-corrected chi connectivity index (χ1v) is 5.96. The zero-order valence-corrected chi connectivity index (χ0v) is 10.7. The fraction of sp³-hybridized carbons (Fsp3) is 0.133. The molecule has 0 saturated heterocycles. The molecular formula is C15H12F2N2O. The minimum absolute atomic E-state index is 0.0491. The molecule has 0 aliphatic carbocycles. The lowest BCUT2D eigenvalue weighted by Crippen LogP contribution is -2.08. The van der Waals surface area contributed by atoms with Crippen LogP contribution in [0.1, 0.15) is 24.1 Å². The van der Waals surface area contributed by atoms with Crippen molar-refractivity contribution in [3.8, 4) is 11.8 Å². The lowest BCUT2D eigenvalue weighted by molar-refractivity contribution is 0.462. The summed E-state index contributed by atoms with van der Waals surface area (Å²) in [4.78, 5) is 0. The van der Waals surface area contributed by atoms with Gasteiger partial charge >= 0.3 is 0 Å². The second-order valence-corrected chi connectivity index (χ2v) is 4.37. The number of nitrogens with zero attached hydrogens (tertiary/aromatic N) is 1. The molecule has 0 fully saturated rings. The van der Waals surface area contributed by atoms with Crippen LogP contribution in [-0.4, -0.2) is 5.11 Å². The summed E-state index contributed by atoms with van der Waals surface area (Å²) in [5.74, 6) is -1.02. The van der Waals surface area contributed by atoms with Crippen molar-refractivity contribution in [1.29, 1.82) is 5.26 Å². The lowest BCUT2D eigenvalue weighted by atomic mass is 10.1. The van der Waals surface area contributed by atoms with Gasteiger partial charge in [-0.25, -0.2) is 8.78 Å². The molecule has 2 N–H and O–H groups in total. The molecule has 0 bridgehead atoms. The van der Waals surface area contributed by atoms with E-state index in [2.05, 4.69) is 5.32 Å². The second-order valence-electron chi connectivity index (χ2n) is 4.37. The Morgan fingerprint density at radius 3 is 2.50 bits per heavy atom. The van der Waals surface area contributed by atoms with E-state index in [0.717, 1.165) is 12.1 Å². The fourth-order valence-corrected chi connectivity index (χ4v) is 1.92. The summed E-state index contributed by atoms with van der Waals surface area (Å²) in [6.45, 7) is 1.71. The maximum Gasteiger partial charge on any atom is 0.124 e. The van der Waals surface area contributed by atoms with E-state index in [1.807, 2.05) is 6.07 Å². The highest BCUT2D eigenvalue weighted by Crippen LogP contribution is 2.28. The average molecular weight is 274 g/mol. The largest absolute Gasteiger partial charge is 0.508 e. The third-order valence-corrected chi connectivity index (χ3v) is 2.93. The van der Waals surface area contributed by atoms with Gasteiger partial charge < -0.3 is 10.4 Å². The lowest BCUT2D eigenvalue weighted by Gasteiger charge is -2.17. The van der Waals surface area contributed by atoms with Gasteiger partial charge in [-0.15, -0.1) is 0 Å². The average Bonchev–Trinajstić information content (AvgIpc) is 2.43. The Morgan fingerprint density at radius 1 is 1.15 bits per heavy atom. The van der Waals surface area contributed by atoms with Crippen molar-refractivity contribution in [3.05, 3.63) is 59.2 Å². The van der Waals surface area contributed by atoms with Crippen LogP contribution in [0.15, 0.2) is 36.4 Å². The molecular weight excluding hydrogens is 262 g/mol. The number of hydrogen-bond acceptors (Lipinski definition) is 3. The van der Waals surface area contributed by atoms with Crippen LogP contribution in [0.5, 0.6) is 5.75 Å². The molecule has 0 amide bonds. The minimum atomic E-state index is -0.506. The number of nitrogens with one attached hydrogen (secondary N) is 1. The highest BCUT2D eigenvalue weighted by atomic mass is 19.1. The minimum Gasteiger partial charge on any atom is -0.508 e. The predicted octanol–water partition coefficient (Wildman–Crippen LogP) is 3.72. The molecule has 3 nitrogen and oxygen atoms in total. The number of phenols is 1. The Balaban J connectivity index is 2.30. The van der Waals surface area contributed by atoms with Gasteiger partial charge in [0.2, 0.25) is 0 Å². The van der Waals surface area contributed by atoms with Gasteiger partial charge in [0.1, 0.15) is 23.5 Å². The van der Waals surface area contributed by atoms with Crippen molar-refractivity contribution >= 4 is 5.69 Å². The van der Waals surface area contributed by atoms with Crippen molar-refractivity contribution in [3.63, 3.8) is 0 Å². The molecule has 5 heteroatoms. The summed E-state index contributed by atoms with van der Waals surface area (Å²) >= 11 is 0. The number of phenolic OH excluding ortho intramolecular Hbond substituents is 1. The van der Waals surface area contributed by atoms with Gasteiger partial charge in [-0.2, -0.15) is 5.26 Å². The Kier molecular flexibility index (Phi) is 3.85. The van der Waals surface area contributed by atoms with E-state index in [4.69, 9.17) is 5.26 Å². The maximum atomic E-state index is 13.2. The summed E-state index contributed by atoms with van der Waals surface area (Å²) in [5, 5.41) is 21.6. The first-order valence-electron chi connectivity index (χ1n) is 5.96. The number of hydrogen-bond donors (Lipinski definition) is 2. The van der Waals surface area contributed by atoms with Crippen LogP contribution >= 0.6 is 0 Å². The monoisotopic (exact) mass is 274 g/mol. The highest BCUT2D eigenvalue weighted by molar-refractivity contribution is 5.58. The molecule has 102 valence electrons. The van der Waals surface area contributed by atoms with Gasteiger partial charge in [0.05, 0.1) is 17.3 Å². The van der Waals surface area contributed by atoms with Crippen molar-refractivity contribution in [2.45, 2.75) is 13.0 Å².